The quantitative estimate of drug-likeness (QED) is 0.474. The van der Waals surface area contributed by atoms with Crippen LogP contribution in [-0.4, -0.2) is 26.6 Å². The molecule has 12 heavy (non-hydrogen) atoms. The van der Waals surface area contributed by atoms with Crippen molar-refractivity contribution in [1.29, 1.82) is 0 Å². The molecule has 0 radical (unpaired) electrons. The first kappa shape index (κ1) is 9.36. The van der Waals surface area contributed by atoms with Gasteiger partial charge in [-0.3, -0.25) is 4.99 Å². The number of guanidine groups is 1. The summed E-state index contributed by atoms with van der Waals surface area (Å²) in [6, 6.07) is 0. The molecule has 1 fully saturated rings. The van der Waals surface area contributed by atoms with E-state index < -0.39 is 0 Å². The Labute approximate surface area is 74.6 Å². The Morgan fingerprint density at radius 1 is 1.58 bits per heavy atom. The summed E-state index contributed by atoms with van der Waals surface area (Å²) < 4.78 is 0. The van der Waals surface area contributed by atoms with Crippen LogP contribution in [-0.2, 0) is 0 Å². The highest BCUT2D eigenvalue weighted by Crippen LogP contribution is 2.50. The first-order valence-electron chi connectivity index (χ1n) is 4.48. The van der Waals surface area contributed by atoms with E-state index in [0.29, 0.717) is 5.41 Å². The first-order chi connectivity index (χ1) is 5.60. The van der Waals surface area contributed by atoms with Gasteiger partial charge in [0.05, 0.1) is 0 Å². The van der Waals surface area contributed by atoms with Crippen LogP contribution in [0.15, 0.2) is 4.99 Å². The van der Waals surface area contributed by atoms with E-state index in [9.17, 15) is 0 Å². The predicted molar refractivity (Wildman–Crippen MR) is 52.3 cm³/mol. The number of nitrogens with one attached hydrogen (secondary N) is 2. The summed E-state index contributed by atoms with van der Waals surface area (Å²) in [5.74, 6) is 1.71. The zero-order chi connectivity index (χ0) is 9.19. The van der Waals surface area contributed by atoms with Crippen molar-refractivity contribution in [2.75, 3.05) is 20.6 Å². The summed E-state index contributed by atoms with van der Waals surface area (Å²) in [7, 11) is 3.67. The molecule has 2 N–H and O–H groups in total. The Hall–Kier alpha value is -0.730. The number of nitrogens with zero attached hydrogens (tertiary/aromatic N) is 1. The third-order valence-electron chi connectivity index (χ3n) is 2.69. The van der Waals surface area contributed by atoms with Crippen LogP contribution in [0.3, 0.4) is 0 Å². The minimum absolute atomic E-state index is 0.555. The van der Waals surface area contributed by atoms with E-state index in [0.717, 1.165) is 18.4 Å². The van der Waals surface area contributed by atoms with Gasteiger partial charge in [0.2, 0.25) is 0 Å². The number of hydrogen-bond donors (Lipinski definition) is 2. The zero-order valence-corrected chi connectivity index (χ0v) is 8.44. The van der Waals surface area contributed by atoms with Gasteiger partial charge < -0.3 is 10.6 Å². The van der Waals surface area contributed by atoms with Gasteiger partial charge in [-0.1, -0.05) is 13.8 Å². The van der Waals surface area contributed by atoms with Crippen LogP contribution in [0.2, 0.25) is 0 Å². The van der Waals surface area contributed by atoms with Gasteiger partial charge in [0.25, 0.3) is 0 Å². The van der Waals surface area contributed by atoms with Gasteiger partial charge in [0.1, 0.15) is 0 Å². The molecule has 3 nitrogen and oxygen atoms in total. The summed E-state index contributed by atoms with van der Waals surface area (Å²) in [6.07, 6.45) is 1.33. The van der Waals surface area contributed by atoms with Gasteiger partial charge in [0, 0.05) is 20.6 Å². The molecule has 0 aromatic carbocycles. The number of rotatable bonds is 2. The minimum atomic E-state index is 0.555. The Morgan fingerprint density at radius 3 is 2.50 bits per heavy atom. The molecule has 3 heteroatoms. The SMILES string of the molecule is CN=C(NC)NCC1CC1(C)C. The van der Waals surface area contributed by atoms with Crippen molar-refractivity contribution in [1.82, 2.24) is 10.6 Å². The lowest BCUT2D eigenvalue weighted by Gasteiger charge is -2.08. The largest absolute Gasteiger partial charge is 0.359 e. The van der Waals surface area contributed by atoms with Gasteiger partial charge >= 0.3 is 0 Å². The van der Waals surface area contributed by atoms with Crippen LogP contribution < -0.4 is 10.6 Å². The molecule has 1 aliphatic carbocycles. The van der Waals surface area contributed by atoms with E-state index in [2.05, 4.69) is 29.5 Å². The van der Waals surface area contributed by atoms with Gasteiger partial charge in [0.15, 0.2) is 5.96 Å². The van der Waals surface area contributed by atoms with Crippen LogP contribution in [0.5, 0.6) is 0 Å². The van der Waals surface area contributed by atoms with Crippen molar-refractivity contribution < 1.29 is 0 Å². The summed E-state index contributed by atoms with van der Waals surface area (Å²) in [6.45, 7) is 5.66. The smallest absolute Gasteiger partial charge is 0.190 e. The average molecular weight is 169 g/mol. The number of hydrogen-bond acceptors (Lipinski definition) is 1. The van der Waals surface area contributed by atoms with Gasteiger partial charge in [-0.15, -0.1) is 0 Å². The Morgan fingerprint density at radius 2 is 2.17 bits per heavy atom. The molecule has 0 heterocycles. The number of aliphatic imine (C=N–C) groups is 1. The molecule has 0 aliphatic heterocycles. The molecule has 0 aromatic heterocycles. The highest BCUT2D eigenvalue weighted by atomic mass is 15.2. The molecule has 1 rings (SSSR count). The fourth-order valence-corrected chi connectivity index (χ4v) is 1.42. The molecular weight excluding hydrogens is 150 g/mol. The maximum atomic E-state index is 4.05. The normalized spacial score (nSPS) is 26.7. The predicted octanol–water partition coefficient (Wildman–Crippen LogP) is 0.827. The fraction of sp³-hybridized carbons (Fsp3) is 0.889. The van der Waals surface area contributed by atoms with E-state index in [1.54, 1.807) is 7.05 Å². The highest BCUT2D eigenvalue weighted by Gasteiger charge is 2.44. The van der Waals surface area contributed by atoms with Crippen molar-refractivity contribution in [3.05, 3.63) is 0 Å². The van der Waals surface area contributed by atoms with Crippen LogP contribution in [0, 0.1) is 11.3 Å². The third-order valence-corrected chi connectivity index (χ3v) is 2.69. The van der Waals surface area contributed by atoms with Crippen LogP contribution in [0.25, 0.3) is 0 Å². The molecule has 0 bridgehead atoms. The van der Waals surface area contributed by atoms with Crippen molar-refractivity contribution in [2.24, 2.45) is 16.3 Å². The fourth-order valence-electron chi connectivity index (χ4n) is 1.42. The Kier molecular flexibility index (Phi) is 2.60. The Balaban J connectivity index is 2.19. The summed E-state index contributed by atoms with van der Waals surface area (Å²) in [4.78, 5) is 4.05. The molecule has 0 aromatic rings. The molecule has 70 valence electrons. The maximum absolute atomic E-state index is 4.05. The van der Waals surface area contributed by atoms with Crippen LogP contribution in [0.4, 0.5) is 0 Å². The van der Waals surface area contributed by atoms with Crippen molar-refractivity contribution in [3.8, 4) is 0 Å². The molecule has 0 saturated heterocycles. The molecule has 1 atom stereocenters. The van der Waals surface area contributed by atoms with E-state index in [1.807, 2.05) is 7.05 Å². The molecule has 0 amide bonds. The highest BCUT2D eigenvalue weighted by molar-refractivity contribution is 5.79. The standard InChI is InChI=1S/C9H19N3/c1-9(2)5-7(9)6-12-8(10-3)11-4/h7H,5-6H2,1-4H3,(H2,10,11,12). The molecule has 1 aliphatic rings. The second kappa shape index (κ2) is 3.33. The van der Waals surface area contributed by atoms with Crippen molar-refractivity contribution in [2.45, 2.75) is 20.3 Å². The van der Waals surface area contributed by atoms with Crippen molar-refractivity contribution >= 4 is 5.96 Å². The van der Waals surface area contributed by atoms with Crippen LogP contribution in [0.1, 0.15) is 20.3 Å². The molecule has 1 unspecified atom stereocenters. The van der Waals surface area contributed by atoms with Gasteiger partial charge in [-0.05, 0) is 17.8 Å². The zero-order valence-electron chi connectivity index (χ0n) is 8.44. The van der Waals surface area contributed by atoms with E-state index in [4.69, 9.17) is 0 Å². The average Bonchev–Trinajstić information content (AvgIpc) is 2.61. The third kappa shape index (κ3) is 2.13. The second-order valence-electron chi connectivity index (χ2n) is 4.09. The summed E-state index contributed by atoms with van der Waals surface area (Å²) in [5, 5.41) is 6.28. The topological polar surface area (TPSA) is 36.4 Å². The van der Waals surface area contributed by atoms with E-state index in [1.165, 1.54) is 6.42 Å². The lowest BCUT2D eigenvalue weighted by atomic mass is 10.1. The summed E-state index contributed by atoms with van der Waals surface area (Å²) >= 11 is 0. The maximum Gasteiger partial charge on any atom is 0.190 e. The van der Waals surface area contributed by atoms with E-state index in [-0.39, 0.29) is 0 Å². The minimum Gasteiger partial charge on any atom is -0.359 e. The Bertz CT molecular complexity index is 184. The van der Waals surface area contributed by atoms with Crippen LogP contribution >= 0.6 is 0 Å². The van der Waals surface area contributed by atoms with Crippen molar-refractivity contribution in [3.63, 3.8) is 0 Å². The molecule has 0 spiro atoms. The van der Waals surface area contributed by atoms with Gasteiger partial charge in [-0.2, -0.15) is 0 Å². The molecule has 1 saturated carbocycles. The van der Waals surface area contributed by atoms with E-state index >= 15 is 0 Å². The lowest BCUT2D eigenvalue weighted by molar-refractivity contribution is 0.549. The van der Waals surface area contributed by atoms with Gasteiger partial charge in [-0.25, -0.2) is 0 Å². The second-order valence-corrected chi connectivity index (χ2v) is 4.09. The monoisotopic (exact) mass is 169 g/mol. The lowest BCUT2D eigenvalue weighted by Crippen LogP contribution is -2.36. The molecular formula is C9H19N3. The summed E-state index contributed by atoms with van der Waals surface area (Å²) in [5.41, 5.74) is 0.555. The first-order valence-corrected chi connectivity index (χ1v) is 4.48.